The van der Waals surface area contributed by atoms with Crippen LogP contribution < -0.4 is 0 Å². The van der Waals surface area contributed by atoms with Gasteiger partial charge in [-0.2, -0.15) is 0 Å². The van der Waals surface area contributed by atoms with Crippen LogP contribution in [0, 0.1) is 21.7 Å². The zero-order valence-corrected chi connectivity index (χ0v) is 19.1. The van der Waals surface area contributed by atoms with Gasteiger partial charge in [-0.05, 0) is 42.9 Å². The second kappa shape index (κ2) is 7.94. The number of carbonyl (C=O) groups excluding carboxylic acids is 1. The summed E-state index contributed by atoms with van der Waals surface area (Å²) in [6.07, 6.45) is 7.89. The molecule has 2 heteroatoms. The highest BCUT2D eigenvalue weighted by molar-refractivity contribution is 5.85. The van der Waals surface area contributed by atoms with E-state index < -0.39 is 5.60 Å². The Morgan fingerprint density at radius 2 is 1.40 bits per heavy atom. The summed E-state index contributed by atoms with van der Waals surface area (Å²) in [4.78, 5) is 12.3. The Hall–Kier alpha value is -0.630. The second-order valence-electron chi connectivity index (χ2n) is 10.6. The van der Waals surface area contributed by atoms with Crippen LogP contribution in [0.4, 0.5) is 0 Å². The van der Waals surface area contributed by atoms with E-state index >= 15 is 0 Å². The Kier molecular flexibility index (Phi) is 7.74. The fourth-order valence-electron chi connectivity index (χ4n) is 3.44. The van der Waals surface area contributed by atoms with Crippen LogP contribution in [0.3, 0.4) is 0 Å². The predicted octanol–water partition coefficient (Wildman–Crippen LogP) is 6.83. The van der Waals surface area contributed by atoms with Gasteiger partial charge in [-0.1, -0.05) is 80.9 Å². The van der Waals surface area contributed by atoms with Crippen molar-refractivity contribution in [2.24, 2.45) is 21.7 Å². The molecule has 0 amide bonds. The minimum Gasteiger partial charge on any atom is -0.370 e. The van der Waals surface area contributed by atoms with Crippen LogP contribution in [0.25, 0.3) is 0 Å². The van der Waals surface area contributed by atoms with Crippen LogP contribution >= 0.6 is 0 Å². The Labute approximate surface area is 157 Å². The first-order valence-electron chi connectivity index (χ1n) is 9.72. The molecule has 0 spiro atoms. The van der Waals surface area contributed by atoms with Gasteiger partial charge in [0, 0.05) is 12.5 Å². The lowest BCUT2D eigenvalue weighted by atomic mass is 9.57. The predicted molar refractivity (Wildman–Crippen MR) is 110 cm³/mol. The van der Waals surface area contributed by atoms with Crippen LogP contribution in [0.2, 0.25) is 0 Å². The molecule has 25 heavy (non-hydrogen) atoms. The van der Waals surface area contributed by atoms with E-state index in [-0.39, 0.29) is 22.0 Å². The molecule has 0 rings (SSSR count). The zero-order chi connectivity index (χ0) is 20.3. The Bertz CT molecular complexity index is 480. The number of hydrogen-bond donors (Lipinski definition) is 0. The lowest BCUT2D eigenvalue weighted by molar-refractivity contribution is -0.156. The van der Waals surface area contributed by atoms with Gasteiger partial charge in [0.05, 0.1) is 0 Å². The lowest BCUT2D eigenvalue weighted by Gasteiger charge is -2.50. The van der Waals surface area contributed by atoms with Crippen LogP contribution in [-0.4, -0.2) is 18.5 Å². The third-order valence-electron chi connectivity index (χ3n) is 7.16. The summed E-state index contributed by atoms with van der Waals surface area (Å²) in [6.45, 7) is 24.0. The van der Waals surface area contributed by atoms with Crippen LogP contribution in [0.15, 0.2) is 12.2 Å². The highest BCUT2D eigenvalue weighted by Gasteiger charge is 2.50. The highest BCUT2D eigenvalue weighted by Crippen LogP contribution is 2.51. The van der Waals surface area contributed by atoms with Crippen molar-refractivity contribution >= 4 is 5.78 Å². The fourth-order valence-corrected chi connectivity index (χ4v) is 3.44. The molecule has 0 saturated heterocycles. The van der Waals surface area contributed by atoms with E-state index in [0.717, 1.165) is 12.8 Å². The van der Waals surface area contributed by atoms with Gasteiger partial charge in [0.25, 0.3) is 0 Å². The minimum absolute atomic E-state index is 0.0264. The second-order valence-corrected chi connectivity index (χ2v) is 10.6. The first-order valence-corrected chi connectivity index (χ1v) is 9.72. The SMILES string of the molecule is CCC(C)(C)CC=CC(C)(C)C(C)(C)CC(C)(C)C(C)(OC)C(C)=O. The molecule has 0 aromatic heterocycles. The maximum Gasteiger partial charge on any atom is 0.161 e. The van der Waals surface area contributed by atoms with E-state index in [1.54, 1.807) is 14.0 Å². The average Bonchev–Trinajstić information content (AvgIpc) is 2.44. The first-order chi connectivity index (χ1) is 11.0. The van der Waals surface area contributed by atoms with Gasteiger partial charge in [0.15, 0.2) is 5.78 Å². The smallest absolute Gasteiger partial charge is 0.161 e. The lowest BCUT2D eigenvalue weighted by Crippen LogP contribution is -2.52. The molecule has 0 aliphatic rings. The first kappa shape index (κ1) is 24.4. The third-order valence-corrected chi connectivity index (χ3v) is 7.16. The van der Waals surface area contributed by atoms with Crippen molar-refractivity contribution < 1.29 is 9.53 Å². The van der Waals surface area contributed by atoms with Crippen molar-refractivity contribution in [3.8, 4) is 0 Å². The number of ether oxygens (including phenoxy) is 1. The molecule has 0 fully saturated rings. The van der Waals surface area contributed by atoms with Crippen molar-refractivity contribution in [2.45, 2.75) is 101 Å². The number of Topliss-reactive ketones (excluding diaryl/α,β-unsaturated/α-hetero) is 1. The number of rotatable bonds is 10. The van der Waals surface area contributed by atoms with Crippen molar-refractivity contribution in [2.75, 3.05) is 7.11 Å². The van der Waals surface area contributed by atoms with Crippen LogP contribution in [0.1, 0.15) is 95.4 Å². The van der Waals surface area contributed by atoms with E-state index in [2.05, 4.69) is 74.5 Å². The normalized spacial score (nSPS) is 17.0. The molecular weight excluding hydrogens is 308 g/mol. The van der Waals surface area contributed by atoms with Gasteiger partial charge < -0.3 is 4.74 Å². The largest absolute Gasteiger partial charge is 0.370 e. The van der Waals surface area contributed by atoms with Gasteiger partial charge in [-0.25, -0.2) is 0 Å². The zero-order valence-electron chi connectivity index (χ0n) is 19.1. The van der Waals surface area contributed by atoms with E-state index in [1.807, 2.05) is 6.92 Å². The summed E-state index contributed by atoms with van der Waals surface area (Å²) < 4.78 is 5.70. The van der Waals surface area contributed by atoms with Gasteiger partial charge in [0.1, 0.15) is 5.60 Å². The van der Waals surface area contributed by atoms with E-state index in [1.165, 1.54) is 6.42 Å². The third kappa shape index (κ3) is 5.67. The summed E-state index contributed by atoms with van der Waals surface area (Å²) >= 11 is 0. The molecule has 0 heterocycles. The van der Waals surface area contributed by atoms with Crippen molar-refractivity contribution in [1.29, 1.82) is 0 Å². The van der Waals surface area contributed by atoms with Crippen LogP contribution in [0.5, 0.6) is 0 Å². The summed E-state index contributed by atoms with van der Waals surface area (Å²) in [5.74, 6) is 0.0915. The summed E-state index contributed by atoms with van der Waals surface area (Å²) in [5.41, 5.74) is -0.628. The molecule has 0 bridgehead atoms. The van der Waals surface area contributed by atoms with Gasteiger partial charge in [0.2, 0.25) is 0 Å². The molecular formula is C23H44O2. The van der Waals surface area contributed by atoms with E-state index in [4.69, 9.17) is 4.74 Å². The van der Waals surface area contributed by atoms with Gasteiger partial charge >= 0.3 is 0 Å². The Morgan fingerprint density at radius 1 is 0.920 bits per heavy atom. The number of methoxy groups -OCH3 is 1. The number of carbonyl (C=O) groups is 1. The Morgan fingerprint density at radius 3 is 1.76 bits per heavy atom. The Balaban J connectivity index is 5.47. The van der Waals surface area contributed by atoms with Gasteiger partial charge in [-0.3, -0.25) is 4.79 Å². The number of allylic oxidation sites excluding steroid dienone is 2. The quantitative estimate of drug-likeness (QED) is 0.403. The monoisotopic (exact) mass is 352 g/mol. The molecule has 0 radical (unpaired) electrons. The number of ketones is 1. The molecule has 0 N–H and O–H groups in total. The standard InChI is InChI=1S/C23H44O2/c1-13-19(3,4)15-14-16-20(5,6)21(7,8)17-22(9,10)23(11,25-12)18(2)24/h14,16H,13,15,17H2,1-12H3. The number of hydrogen-bond acceptors (Lipinski definition) is 2. The molecule has 148 valence electrons. The molecule has 0 aromatic rings. The summed E-state index contributed by atoms with van der Waals surface area (Å²) in [6, 6.07) is 0. The molecule has 0 saturated carbocycles. The maximum absolute atomic E-state index is 12.3. The summed E-state index contributed by atoms with van der Waals surface area (Å²) in [7, 11) is 1.65. The van der Waals surface area contributed by atoms with Crippen LogP contribution in [-0.2, 0) is 9.53 Å². The van der Waals surface area contributed by atoms with E-state index in [0.29, 0.717) is 5.41 Å². The minimum atomic E-state index is -0.770. The molecule has 0 aromatic carbocycles. The molecule has 2 nitrogen and oxygen atoms in total. The van der Waals surface area contributed by atoms with Gasteiger partial charge in [-0.15, -0.1) is 0 Å². The molecule has 0 aliphatic carbocycles. The molecule has 0 aliphatic heterocycles. The van der Waals surface area contributed by atoms with Crippen molar-refractivity contribution in [3.63, 3.8) is 0 Å². The van der Waals surface area contributed by atoms with Crippen molar-refractivity contribution in [3.05, 3.63) is 12.2 Å². The molecule has 1 atom stereocenters. The maximum atomic E-state index is 12.3. The average molecular weight is 353 g/mol. The molecule has 1 unspecified atom stereocenters. The van der Waals surface area contributed by atoms with Crippen molar-refractivity contribution in [1.82, 2.24) is 0 Å². The topological polar surface area (TPSA) is 26.3 Å². The fraction of sp³-hybridized carbons (Fsp3) is 0.870. The van der Waals surface area contributed by atoms with E-state index in [9.17, 15) is 4.79 Å². The summed E-state index contributed by atoms with van der Waals surface area (Å²) in [5, 5.41) is 0. The highest BCUT2D eigenvalue weighted by atomic mass is 16.5.